The number of nitrogens with one attached hydrogen (secondary N) is 1. The molecule has 186 valence electrons. The van der Waals surface area contributed by atoms with Crippen molar-refractivity contribution in [1.29, 1.82) is 5.26 Å². The average Bonchev–Trinajstić information content (AvgIpc) is 3.02. The summed E-state index contributed by atoms with van der Waals surface area (Å²) in [7, 11) is 1.39. The Morgan fingerprint density at radius 2 is 2.00 bits per heavy atom. The molecule has 1 saturated heterocycles. The first-order valence-corrected chi connectivity index (χ1v) is 11.5. The van der Waals surface area contributed by atoms with Gasteiger partial charge in [0.25, 0.3) is 11.8 Å². The number of fused-ring (bicyclic) bond motifs is 4. The van der Waals surface area contributed by atoms with Crippen molar-refractivity contribution in [2.45, 2.75) is 49.7 Å². The zero-order chi connectivity index (χ0) is 26.2. The molecular weight excluding hydrogens is 498 g/mol. The molecule has 36 heavy (non-hydrogen) atoms. The van der Waals surface area contributed by atoms with E-state index in [0.717, 1.165) is 11.1 Å². The van der Waals surface area contributed by atoms with E-state index in [1.807, 2.05) is 6.92 Å². The summed E-state index contributed by atoms with van der Waals surface area (Å²) in [6.45, 7) is 1.93. The molecular formula is C24H19F4N5O2S. The van der Waals surface area contributed by atoms with Crippen LogP contribution in [0.5, 0.6) is 0 Å². The molecule has 1 N–H and O–H groups in total. The molecule has 1 spiro atoms. The third-order valence-corrected chi connectivity index (χ3v) is 7.77. The zero-order valence-corrected chi connectivity index (χ0v) is 20.0. The maximum Gasteiger partial charge on any atom is 0.419 e. The molecule has 1 aliphatic carbocycles. The highest BCUT2D eigenvalue weighted by molar-refractivity contribution is 7.81. The molecule has 7 nitrogen and oxygen atoms in total. The van der Waals surface area contributed by atoms with Gasteiger partial charge < -0.3 is 10.2 Å². The van der Waals surface area contributed by atoms with Crippen LogP contribution in [-0.4, -0.2) is 34.5 Å². The smallest absolute Gasteiger partial charge is 0.355 e. The van der Waals surface area contributed by atoms with Crippen LogP contribution in [0.4, 0.5) is 28.9 Å². The monoisotopic (exact) mass is 517 g/mol. The molecule has 1 aromatic carbocycles. The van der Waals surface area contributed by atoms with Crippen molar-refractivity contribution in [1.82, 2.24) is 10.3 Å². The first-order chi connectivity index (χ1) is 16.9. The van der Waals surface area contributed by atoms with Gasteiger partial charge in [-0.3, -0.25) is 14.5 Å². The number of nitriles is 1. The average molecular weight is 518 g/mol. The van der Waals surface area contributed by atoms with E-state index in [1.165, 1.54) is 30.1 Å². The van der Waals surface area contributed by atoms with E-state index in [2.05, 4.69) is 10.3 Å². The Kier molecular flexibility index (Phi) is 5.16. The lowest BCUT2D eigenvalue weighted by atomic mass is 9.60. The fourth-order valence-electron chi connectivity index (χ4n) is 5.85. The number of anilines is 2. The van der Waals surface area contributed by atoms with Gasteiger partial charge in [0.15, 0.2) is 10.8 Å². The third-order valence-electron chi connectivity index (χ3n) is 7.40. The van der Waals surface area contributed by atoms with E-state index in [0.29, 0.717) is 36.6 Å². The number of rotatable bonds is 2. The van der Waals surface area contributed by atoms with Gasteiger partial charge in [-0.2, -0.15) is 18.4 Å². The Balaban J connectivity index is 1.70. The Morgan fingerprint density at radius 3 is 2.64 bits per heavy atom. The predicted octanol–water partition coefficient (Wildman–Crippen LogP) is 4.19. The molecule has 2 bridgehead atoms. The summed E-state index contributed by atoms with van der Waals surface area (Å²) in [5, 5.41) is 11.4. The van der Waals surface area contributed by atoms with Crippen LogP contribution in [0.15, 0.2) is 24.4 Å². The molecule has 2 aromatic rings. The number of aromatic nitrogens is 1. The van der Waals surface area contributed by atoms with Crippen molar-refractivity contribution < 1.29 is 27.2 Å². The molecule has 1 saturated carbocycles. The first kappa shape index (κ1) is 24.1. The van der Waals surface area contributed by atoms with E-state index in [1.54, 1.807) is 0 Å². The lowest BCUT2D eigenvalue weighted by Crippen LogP contribution is -2.59. The van der Waals surface area contributed by atoms with Crippen LogP contribution in [0, 0.1) is 17.1 Å². The summed E-state index contributed by atoms with van der Waals surface area (Å²) in [6.07, 6.45) is -1.93. The van der Waals surface area contributed by atoms with E-state index in [9.17, 15) is 22.8 Å². The molecule has 1 aromatic heterocycles. The lowest BCUT2D eigenvalue weighted by Gasteiger charge is -2.53. The quantitative estimate of drug-likeness (QED) is 0.475. The summed E-state index contributed by atoms with van der Waals surface area (Å²) in [5.74, 6) is -1.93. The summed E-state index contributed by atoms with van der Waals surface area (Å²) in [5.41, 5.74) is -3.33. The number of benzene rings is 1. The van der Waals surface area contributed by atoms with Crippen molar-refractivity contribution in [3.05, 3.63) is 52.6 Å². The van der Waals surface area contributed by atoms with Gasteiger partial charge in [-0.15, -0.1) is 0 Å². The van der Waals surface area contributed by atoms with Gasteiger partial charge in [0.2, 0.25) is 0 Å². The summed E-state index contributed by atoms with van der Waals surface area (Å²) >= 11 is 5.61. The van der Waals surface area contributed by atoms with Gasteiger partial charge in [0, 0.05) is 7.05 Å². The van der Waals surface area contributed by atoms with Crippen molar-refractivity contribution in [3.63, 3.8) is 0 Å². The van der Waals surface area contributed by atoms with Crippen LogP contribution in [0.2, 0.25) is 0 Å². The number of hydrogen-bond acceptors (Lipinski definition) is 5. The number of alkyl halides is 3. The molecule has 3 heterocycles. The molecule has 0 radical (unpaired) electrons. The van der Waals surface area contributed by atoms with Crippen molar-refractivity contribution in [2.75, 3.05) is 16.8 Å². The molecule has 12 heteroatoms. The number of thiocarbonyl (C=S) groups is 1. The molecule has 5 rings (SSSR count). The van der Waals surface area contributed by atoms with Gasteiger partial charge in [-0.1, -0.05) is 6.92 Å². The fourth-order valence-corrected chi connectivity index (χ4v) is 6.31. The second kappa shape index (κ2) is 7.70. The standard InChI is InChI=1S/C24H19F4N5O2S/c1-22-4-3-5-23(11-22)20(35)32(12-6-14(24(26,27)28)17(9-29)31-10-12)21(36)33(23)18-8-16(25)13(7-15(18)22)19(34)30-2/h6-8,10H,3-5,11H2,1-2H3,(H,30,34)/t22?,23-/m0/s1. The van der Waals surface area contributed by atoms with Gasteiger partial charge in [-0.25, -0.2) is 9.37 Å². The maximum atomic E-state index is 15.1. The van der Waals surface area contributed by atoms with Crippen LogP contribution in [0.1, 0.15) is 59.8 Å². The minimum absolute atomic E-state index is 0.114. The number of halogens is 4. The summed E-state index contributed by atoms with van der Waals surface area (Å²) in [6, 6.07) is 4.74. The normalized spacial score (nSPS) is 24.8. The zero-order valence-electron chi connectivity index (χ0n) is 19.2. The van der Waals surface area contributed by atoms with Crippen molar-refractivity contribution >= 4 is 40.5 Å². The van der Waals surface area contributed by atoms with Crippen LogP contribution in [0.3, 0.4) is 0 Å². The number of hydrogen-bond donors (Lipinski definition) is 1. The Bertz CT molecular complexity index is 1400. The molecule has 3 aliphatic rings. The largest absolute Gasteiger partial charge is 0.419 e. The molecule has 1 unspecified atom stereocenters. The van der Waals surface area contributed by atoms with Crippen LogP contribution >= 0.6 is 12.2 Å². The summed E-state index contributed by atoms with van der Waals surface area (Å²) in [4.78, 5) is 32.3. The third kappa shape index (κ3) is 3.15. The highest BCUT2D eigenvalue weighted by Gasteiger charge is 2.64. The predicted molar refractivity (Wildman–Crippen MR) is 125 cm³/mol. The molecule has 2 atom stereocenters. The number of pyridine rings is 1. The van der Waals surface area contributed by atoms with Gasteiger partial charge in [0.1, 0.15) is 17.4 Å². The van der Waals surface area contributed by atoms with E-state index in [-0.39, 0.29) is 22.8 Å². The Hall–Kier alpha value is -3.59. The van der Waals surface area contributed by atoms with Gasteiger partial charge in [-0.05, 0) is 67.1 Å². The molecule has 2 aliphatic heterocycles. The minimum atomic E-state index is -4.88. The van der Waals surface area contributed by atoms with E-state index < -0.39 is 46.0 Å². The molecule has 2 fully saturated rings. The Morgan fingerprint density at radius 1 is 1.28 bits per heavy atom. The SMILES string of the molecule is CNC(=O)c1cc2c(cc1F)N1C(=S)N(c3cnc(C#N)c(C(F)(F)F)c3)C(=O)[C@@]13CCCC2(C)C3. The van der Waals surface area contributed by atoms with Gasteiger partial charge >= 0.3 is 6.18 Å². The number of nitrogens with zero attached hydrogens (tertiary/aromatic N) is 4. The maximum absolute atomic E-state index is 15.1. The topological polar surface area (TPSA) is 89.3 Å². The van der Waals surface area contributed by atoms with E-state index >= 15 is 4.39 Å². The van der Waals surface area contributed by atoms with Gasteiger partial charge in [0.05, 0.1) is 28.7 Å². The number of carbonyl (C=O) groups excluding carboxylic acids is 2. The second-order valence-corrected chi connectivity index (χ2v) is 9.87. The fraction of sp³-hybridized carbons (Fsp3) is 0.375. The second-order valence-electron chi connectivity index (χ2n) is 9.51. The summed E-state index contributed by atoms with van der Waals surface area (Å²) < 4.78 is 55.9. The highest BCUT2D eigenvalue weighted by Crippen LogP contribution is 2.58. The Labute approximate surface area is 208 Å². The lowest BCUT2D eigenvalue weighted by molar-refractivity contribution is -0.138. The molecule has 2 amide bonds. The minimum Gasteiger partial charge on any atom is -0.355 e. The van der Waals surface area contributed by atoms with Crippen LogP contribution in [0.25, 0.3) is 0 Å². The highest BCUT2D eigenvalue weighted by atomic mass is 32.1. The van der Waals surface area contributed by atoms with Crippen molar-refractivity contribution in [2.24, 2.45) is 0 Å². The first-order valence-electron chi connectivity index (χ1n) is 11.1. The van der Waals surface area contributed by atoms with Crippen LogP contribution in [-0.2, 0) is 16.4 Å². The number of carbonyl (C=O) groups is 2. The van der Waals surface area contributed by atoms with Crippen LogP contribution < -0.4 is 15.1 Å². The van der Waals surface area contributed by atoms with Crippen molar-refractivity contribution in [3.8, 4) is 6.07 Å². The van der Waals surface area contributed by atoms with E-state index in [4.69, 9.17) is 17.5 Å². The number of amides is 2.